The predicted molar refractivity (Wildman–Crippen MR) is 120 cm³/mol. The van der Waals surface area contributed by atoms with Crippen LogP contribution in [0.15, 0.2) is 34.9 Å². The molecule has 1 N–H and O–H groups in total. The largest absolute Gasteiger partial charge is 0.381 e. The number of aromatic nitrogens is 2. The summed E-state index contributed by atoms with van der Waals surface area (Å²) >= 11 is 0. The van der Waals surface area contributed by atoms with Crippen LogP contribution in [0.2, 0.25) is 0 Å². The number of nitrogens with zero attached hydrogens (tertiary/aromatic N) is 3. The van der Waals surface area contributed by atoms with Crippen molar-refractivity contribution >= 4 is 6.03 Å². The van der Waals surface area contributed by atoms with E-state index in [1.54, 1.807) is 0 Å². The fraction of sp³-hybridized carbons (Fsp3) is 0.640. The normalized spacial score (nSPS) is 24.4. The Hall–Kier alpha value is -2.41. The van der Waals surface area contributed by atoms with Gasteiger partial charge in [0.15, 0.2) is 5.82 Å². The number of carbonyl (C=O) groups excluding carboxylic acids is 1. The Labute approximate surface area is 189 Å². The molecule has 2 aliphatic heterocycles. The molecule has 3 aliphatic rings. The zero-order valence-corrected chi connectivity index (χ0v) is 18.8. The van der Waals surface area contributed by atoms with Crippen molar-refractivity contribution in [3.05, 3.63) is 47.6 Å². The minimum Gasteiger partial charge on any atom is -0.381 e. The highest BCUT2D eigenvalue weighted by molar-refractivity contribution is 5.74. The first-order valence-electron chi connectivity index (χ1n) is 12.2. The molecule has 1 atom stereocenters. The summed E-state index contributed by atoms with van der Waals surface area (Å²) in [5.41, 5.74) is 1.05. The first kappa shape index (κ1) is 21.4. The topological polar surface area (TPSA) is 80.5 Å². The molecule has 7 nitrogen and oxygen atoms in total. The molecule has 7 heteroatoms. The molecule has 1 aromatic carbocycles. The quantitative estimate of drug-likeness (QED) is 0.705. The van der Waals surface area contributed by atoms with Gasteiger partial charge in [-0.05, 0) is 50.0 Å². The number of ether oxygens (including phenoxy) is 1. The number of benzene rings is 1. The molecule has 3 heterocycles. The third-order valence-corrected chi connectivity index (χ3v) is 7.26. The van der Waals surface area contributed by atoms with Crippen LogP contribution in [0.3, 0.4) is 0 Å². The molecule has 2 amide bonds. The molecular formula is C25H34N4O3. The number of urea groups is 1. The van der Waals surface area contributed by atoms with E-state index < -0.39 is 0 Å². The van der Waals surface area contributed by atoms with E-state index in [1.165, 1.54) is 18.4 Å². The van der Waals surface area contributed by atoms with Gasteiger partial charge in [0, 0.05) is 38.8 Å². The molecule has 0 spiro atoms. The van der Waals surface area contributed by atoms with Gasteiger partial charge in [0.1, 0.15) is 0 Å². The number of piperidine rings is 1. The number of carbonyl (C=O) groups is 1. The summed E-state index contributed by atoms with van der Waals surface area (Å²) in [5, 5.41) is 7.60. The SMILES string of the molecule is O=C(NCCc1ccccc1)N1CCCC(CC2CC2)(c2noc(C3CCOCC3)n2)C1. The van der Waals surface area contributed by atoms with Crippen molar-refractivity contribution in [1.82, 2.24) is 20.4 Å². The maximum absolute atomic E-state index is 13.0. The average Bonchev–Trinajstić information content (AvgIpc) is 3.50. The smallest absolute Gasteiger partial charge is 0.317 e. The summed E-state index contributed by atoms with van der Waals surface area (Å²) in [6.07, 6.45) is 8.30. The standard InChI is InChI=1S/C25H34N4O3/c30-24(26-13-9-19-5-2-1-3-6-19)29-14-4-12-25(18-29,17-20-7-8-20)23-27-22(32-28-23)21-10-15-31-16-11-21/h1-3,5-6,20-21H,4,7-18H2,(H,26,30). The summed E-state index contributed by atoms with van der Waals surface area (Å²) in [7, 11) is 0. The molecule has 32 heavy (non-hydrogen) atoms. The summed E-state index contributed by atoms with van der Waals surface area (Å²) in [4.78, 5) is 19.9. The number of hydrogen-bond acceptors (Lipinski definition) is 5. The Kier molecular flexibility index (Phi) is 6.44. The third-order valence-electron chi connectivity index (χ3n) is 7.26. The van der Waals surface area contributed by atoms with Crippen LogP contribution in [-0.2, 0) is 16.6 Å². The van der Waals surface area contributed by atoms with Crippen molar-refractivity contribution in [2.24, 2.45) is 5.92 Å². The van der Waals surface area contributed by atoms with Crippen LogP contribution in [-0.4, -0.2) is 53.9 Å². The zero-order chi connectivity index (χ0) is 21.8. The second-order valence-corrected chi connectivity index (χ2v) is 9.76. The molecular weight excluding hydrogens is 404 g/mol. The Morgan fingerprint density at radius 2 is 1.97 bits per heavy atom. The molecule has 0 radical (unpaired) electrons. The van der Waals surface area contributed by atoms with Gasteiger partial charge in [0.25, 0.3) is 0 Å². The van der Waals surface area contributed by atoms with Gasteiger partial charge in [0.05, 0.1) is 5.41 Å². The lowest BCUT2D eigenvalue weighted by Crippen LogP contribution is -2.52. The molecule has 1 aliphatic carbocycles. The Morgan fingerprint density at radius 3 is 2.75 bits per heavy atom. The van der Waals surface area contributed by atoms with E-state index in [9.17, 15) is 4.79 Å². The van der Waals surface area contributed by atoms with E-state index in [4.69, 9.17) is 14.2 Å². The van der Waals surface area contributed by atoms with Gasteiger partial charge in [-0.25, -0.2) is 4.79 Å². The summed E-state index contributed by atoms with van der Waals surface area (Å²) in [5.74, 6) is 2.58. The van der Waals surface area contributed by atoms with Gasteiger partial charge in [-0.3, -0.25) is 0 Å². The Morgan fingerprint density at radius 1 is 1.16 bits per heavy atom. The Balaban J connectivity index is 1.26. The summed E-state index contributed by atoms with van der Waals surface area (Å²) in [6.45, 7) is 3.62. The maximum atomic E-state index is 13.0. The minimum atomic E-state index is -0.191. The molecule has 1 aromatic heterocycles. The van der Waals surface area contributed by atoms with Gasteiger partial charge in [-0.2, -0.15) is 4.98 Å². The van der Waals surface area contributed by atoms with Crippen molar-refractivity contribution in [1.29, 1.82) is 0 Å². The summed E-state index contributed by atoms with van der Waals surface area (Å²) in [6, 6.07) is 10.3. The highest BCUT2D eigenvalue weighted by Crippen LogP contribution is 2.46. The van der Waals surface area contributed by atoms with Crippen molar-refractivity contribution in [3.8, 4) is 0 Å². The van der Waals surface area contributed by atoms with Crippen LogP contribution in [0.5, 0.6) is 0 Å². The minimum absolute atomic E-state index is 0.0222. The first-order chi connectivity index (χ1) is 15.7. The molecule has 1 unspecified atom stereocenters. The maximum Gasteiger partial charge on any atom is 0.317 e. The van der Waals surface area contributed by atoms with Crippen molar-refractivity contribution in [3.63, 3.8) is 0 Å². The van der Waals surface area contributed by atoms with E-state index in [2.05, 4.69) is 22.6 Å². The lowest BCUT2D eigenvalue weighted by atomic mass is 9.75. The Bertz CT molecular complexity index is 892. The lowest BCUT2D eigenvalue weighted by Gasteiger charge is -2.41. The van der Waals surface area contributed by atoms with Gasteiger partial charge < -0.3 is 19.5 Å². The fourth-order valence-electron chi connectivity index (χ4n) is 5.25. The fourth-order valence-corrected chi connectivity index (χ4v) is 5.25. The zero-order valence-electron chi connectivity index (χ0n) is 18.8. The van der Waals surface area contributed by atoms with E-state index in [1.807, 2.05) is 23.1 Å². The van der Waals surface area contributed by atoms with Crippen molar-refractivity contribution in [2.75, 3.05) is 32.8 Å². The van der Waals surface area contributed by atoms with E-state index in [-0.39, 0.29) is 11.4 Å². The van der Waals surface area contributed by atoms with Crippen LogP contribution < -0.4 is 5.32 Å². The van der Waals surface area contributed by atoms with Gasteiger partial charge in [0.2, 0.25) is 5.89 Å². The number of nitrogens with one attached hydrogen (secondary N) is 1. The van der Waals surface area contributed by atoms with E-state index >= 15 is 0 Å². The second kappa shape index (κ2) is 9.61. The second-order valence-electron chi connectivity index (χ2n) is 9.76. The van der Waals surface area contributed by atoms with E-state index in [0.29, 0.717) is 19.0 Å². The molecule has 3 fully saturated rings. The number of likely N-dealkylation sites (tertiary alicyclic amines) is 1. The van der Waals surface area contributed by atoms with Gasteiger partial charge in [-0.1, -0.05) is 48.3 Å². The molecule has 172 valence electrons. The summed E-state index contributed by atoms with van der Waals surface area (Å²) < 4.78 is 11.2. The number of hydrogen-bond donors (Lipinski definition) is 1. The molecule has 2 saturated heterocycles. The molecule has 5 rings (SSSR count). The van der Waals surface area contributed by atoms with Crippen LogP contribution in [0.25, 0.3) is 0 Å². The van der Waals surface area contributed by atoms with Crippen molar-refractivity contribution < 1.29 is 14.1 Å². The van der Waals surface area contributed by atoms with Gasteiger partial charge in [-0.15, -0.1) is 0 Å². The number of rotatable bonds is 7. The molecule has 0 bridgehead atoms. The van der Waals surface area contributed by atoms with Crippen molar-refractivity contribution in [2.45, 2.75) is 62.7 Å². The average molecular weight is 439 g/mol. The van der Waals surface area contributed by atoms with Crippen LogP contribution in [0, 0.1) is 5.92 Å². The van der Waals surface area contributed by atoms with Crippen LogP contribution in [0.4, 0.5) is 4.79 Å². The lowest BCUT2D eigenvalue weighted by molar-refractivity contribution is 0.0778. The predicted octanol–water partition coefficient (Wildman–Crippen LogP) is 4.05. The highest BCUT2D eigenvalue weighted by atomic mass is 16.5. The monoisotopic (exact) mass is 438 g/mol. The highest BCUT2D eigenvalue weighted by Gasteiger charge is 2.46. The van der Waals surface area contributed by atoms with Crippen LogP contribution in [0.1, 0.15) is 68.1 Å². The van der Waals surface area contributed by atoms with Gasteiger partial charge >= 0.3 is 6.03 Å². The third kappa shape index (κ3) is 4.98. The van der Waals surface area contributed by atoms with Crippen LogP contribution >= 0.6 is 0 Å². The van der Waals surface area contributed by atoms with E-state index in [0.717, 1.165) is 75.9 Å². The molecule has 1 saturated carbocycles. The number of amides is 2. The molecule has 2 aromatic rings. The first-order valence-corrected chi connectivity index (χ1v) is 12.2.